The zero-order valence-electron chi connectivity index (χ0n) is 11.1. The van der Waals surface area contributed by atoms with Gasteiger partial charge in [0, 0.05) is 25.2 Å². The summed E-state index contributed by atoms with van der Waals surface area (Å²) in [6, 6.07) is 0.833. The fourth-order valence-electron chi connectivity index (χ4n) is 3.22. The third kappa shape index (κ3) is 2.99. The largest absolute Gasteiger partial charge is 0.468 e. The Kier molecular flexibility index (Phi) is 4.05. The Morgan fingerprint density at radius 1 is 1.47 bits per heavy atom. The van der Waals surface area contributed by atoms with Crippen molar-refractivity contribution in [2.75, 3.05) is 20.2 Å². The summed E-state index contributed by atoms with van der Waals surface area (Å²) in [5.74, 6) is 0.735. The first-order valence-electron chi connectivity index (χ1n) is 6.68. The molecular formula is C13H24N2O2. The first kappa shape index (κ1) is 12.8. The fraction of sp³-hybridized carbons (Fsp3) is 0.923. The highest BCUT2D eigenvalue weighted by Gasteiger charge is 2.39. The number of fused-ring (bicyclic) bond motifs is 2. The maximum absolute atomic E-state index is 11.7. The van der Waals surface area contributed by atoms with Crippen molar-refractivity contribution >= 4 is 5.97 Å². The predicted molar refractivity (Wildman–Crippen MR) is 66.8 cm³/mol. The highest BCUT2D eigenvalue weighted by atomic mass is 16.5. The average molecular weight is 240 g/mol. The second kappa shape index (κ2) is 5.36. The molecule has 4 heteroatoms. The summed E-state index contributed by atoms with van der Waals surface area (Å²) < 4.78 is 4.88. The topological polar surface area (TPSA) is 41.6 Å². The summed E-state index contributed by atoms with van der Waals surface area (Å²) in [4.78, 5) is 14.2. The van der Waals surface area contributed by atoms with Crippen molar-refractivity contribution < 1.29 is 9.53 Å². The molecule has 1 heterocycles. The molecule has 0 aromatic carbocycles. The van der Waals surface area contributed by atoms with Crippen LogP contribution in [0.5, 0.6) is 0 Å². The van der Waals surface area contributed by atoms with Crippen LogP contribution in [0.4, 0.5) is 0 Å². The van der Waals surface area contributed by atoms with Gasteiger partial charge in [0.05, 0.1) is 7.11 Å². The van der Waals surface area contributed by atoms with Crippen molar-refractivity contribution in [1.29, 1.82) is 0 Å². The van der Waals surface area contributed by atoms with Crippen molar-refractivity contribution in [3.05, 3.63) is 0 Å². The number of hydrogen-bond acceptors (Lipinski definition) is 4. The van der Waals surface area contributed by atoms with Gasteiger partial charge in [-0.2, -0.15) is 0 Å². The van der Waals surface area contributed by atoms with Gasteiger partial charge in [0.15, 0.2) is 0 Å². The number of methoxy groups -OCH3 is 1. The molecule has 4 nitrogen and oxygen atoms in total. The van der Waals surface area contributed by atoms with Crippen LogP contribution in [0.15, 0.2) is 0 Å². The number of hydrogen-bond donors (Lipinski definition) is 1. The number of nitrogens with one attached hydrogen (secondary N) is 1. The van der Waals surface area contributed by atoms with Crippen LogP contribution in [0.25, 0.3) is 0 Å². The van der Waals surface area contributed by atoms with Gasteiger partial charge in [0.2, 0.25) is 0 Å². The number of rotatable bonds is 5. The molecule has 2 bridgehead atoms. The maximum Gasteiger partial charge on any atom is 0.324 e. The molecule has 3 unspecified atom stereocenters. The van der Waals surface area contributed by atoms with Gasteiger partial charge in [0.1, 0.15) is 6.04 Å². The lowest BCUT2D eigenvalue weighted by Crippen LogP contribution is -2.50. The van der Waals surface area contributed by atoms with Gasteiger partial charge in [-0.1, -0.05) is 13.8 Å². The maximum atomic E-state index is 11.7. The van der Waals surface area contributed by atoms with Gasteiger partial charge in [0.25, 0.3) is 0 Å². The van der Waals surface area contributed by atoms with E-state index in [1.165, 1.54) is 26.4 Å². The van der Waals surface area contributed by atoms with Gasteiger partial charge in [-0.15, -0.1) is 0 Å². The van der Waals surface area contributed by atoms with Crippen molar-refractivity contribution in [1.82, 2.24) is 10.2 Å². The predicted octanol–water partition coefficient (Wildman–Crippen LogP) is 1.01. The lowest BCUT2D eigenvalue weighted by molar-refractivity contribution is -0.144. The molecule has 3 atom stereocenters. The van der Waals surface area contributed by atoms with E-state index >= 15 is 0 Å². The standard InChI is InChI=1S/C13H24N2O2/c1-9(2)14-12(13(16)17-3)8-15-7-10-4-5-11(15)6-10/h9-12,14H,4-8H2,1-3H3. The molecule has 0 aromatic heterocycles. The number of piperidine rings is 1. The molecule has 0 spiro atoms. The molecule has 1 aliphatic carbocycles. The van der Waals surface area contributed by atoms with Crippen LogP contribution in [-0.4, -0.2) is 49.2 Å². The van der Waals surface area contributed by atoms with E-state index in [0.717, 1.165) is 19.0 Å². The fourth-order valence-corrected chi connectivity index (χ4v) is 3.22. The van der Waals surface area contributed by atoms with E-state index in [4.69, 9.17) is 4.74 Å². The third-order valence-corrected chi connectivity index (χ3v) is 3.96. The first-order chi connectivity index (χ1) is 8.10. The summed E-state index contributed by atoms with van der Waals surface area (Å²) in [5.41, 5.74) is 0. The Morgan fingerprint density at radius 2 is 2.24 bits per heavy atom. The van der Waals surface area contributed by atoms with E-state index in [-0.39, 0.29) is 12.0 Å². The molecular weight excluding hydrogens is 216 g/mol. The van der Waals surface area contributed by atoms with Crippen molar-refractivity contribution in [3.63, 3.8) is 0 Å². The second-order valence-electron chi connectivity index (χ2n) is 5.68. The molecule has 2 rings (SSSR count). The smallest absolute Gasteiger partial charge is 0.324 e. The molecule has 17 heavy (non-hydrogen) atoms. The Morgan fingerprint density at radius 3 is 2.71 bits per heavy atom. The SMILES string of the molecule is COC(=O)C(CN1CC2CCC1C2)NC(C)C. The van der Waals surface area contributed by atoms with Crippen LogP contribution in [0, 0.1) is 5.92 Å². The van der Waals surface area contributed by atoms with Gasteiger partial charge in [-0.25, -0.2) is 0 Å². The number of carbonyl (C=O) groups is 1. The summed E-state index contributed by atoms with van der Waals surface area (Å²) in [5, 5.41) is 3.30. The summed E-state index contributed by atoms with van der Waals surface area (Å²) in [6.07, 6.45) is 4.01. The lowest BCUT2D eigenvalue weighted by atomic mass is 10.1. The van der Waals surface area contributed by atoms with Gasteiger partial charge in [-0.3, -0.25) is 9.69 Å². The van der Waals surface area contributed by atoms with E-state index in [9.17, 15) is 4.79 Å². The summed E-state index contributed by atoms with van der Waals surface area (Å²) in [6.45, 7) is 6.09. The first-order valence-corrected chi connectivity index (χ1v) is 6.68. The molecule has 1 saturated carbocycles. The van der Waals surface area contributed by atoms with Crippen molar-refractivity contribution in [2.24, 2.45) is 5.92 Å². The minimum absolute atomic E-state index is 0.138. The molecule has 1 aliphatic heterocycles. The summed E-state index contributed by atoms with van der Waals surface area (Å²) in [7, 11) is 1.47. The number of nitrogens with zero attached hydrogens (tertiary/aromatic N) is 1. The van der Waals surface area contributed by atoms with E-state index in [0.29, 0.717) is 12.1 Å². The molecule has 1 N–H and O–H groups in total. The molecule has 0 radical (unpaired) electrons. The monoisotopic (exact) mass is 240 g/mol. The molecule has 1 saturated heterocycles. The van der Waals surface area contributed by atoms with E-state index in [1.54, 1.807) is 0 Å². The van der Waals surface area contributed by atoms with Crippen molar-refractivity contribution in [2.45, 2.75) is 51.2 Å². The lowest BCUT2D eigenvalue weighted by Gasteiger charge is -2.30. The molecule has 2 fully saturated rings. The Hall–Kier alpha value is -0.610. The van der Waals surface area contributed by atoms with Crippen LogP contribution in [0.1, 0.15) is 33.1 Å². The van der Waals surface area contributed by atoms with Crippen LogP contribution < -0.4 is 5.32 Å². The molecule has 0 amide bonds. The van der Waals surface area contributed by atoms with Crippen LogP contribution in [0.2, 0.25) is 0 Å². The zero-order chi connectivity index (χ0) is 12.4. The van der Waals surface area contributed by atoms with Crippen LogP contribution >= 0.6 is 0 Å². The van der Waals surface area contributed by atoms with E-state index in [1.807, 2.05) is 0 Å². The zero-order valence-corrected chi connectivity index (χ0v) is 11.1. The quantitative estimate of drug-likeness (QED) is 0.728. The Bertz CT molecular complexity index is 281. The second-order valence-corrected chi connectivity index (χ2v) is 5.68. The third-order valence-electron chi connectivity index (χ3n) is 3.96. The normalized spacial score (nSPS) is 29.9. The minimum atomic E-state index is -0.181. The van der Waals surface area contributed by atoms with Gasteiger partial charge in [-0.05, 0) is 25.2 Å². The molecule has 98 valence electrons. The summed E-state index contributed by atoms with van der Waals surface area (Å²) >= 11 is 0. The van der Waals surface area contributed by atoms with Crippen molar-refractivity contribution in [3.8, 4) is 0 Å². The Labute approximate surface area is 104 Å². The Balaban J connectivity index is 1.90. The van der Waals surface area contributed by atoms with Gasteiger partial charge < -0.3 is 10.1 Å². The molecule has 2 aliphatic rings. The average Bonchev–Trinajstić information content (AvgIpc) is 2.88. The highest BCUT2D eigenvalue weighted by molar-refractivity contribution is 5.76. The molecule has 0 aromatic rings. The van der Waals surface area contributed by atoms with Crippen LogP contribution in [-0.2, 0) is 9.53 Å². The van der Waals surface area contributed by atoms with Gasteiger partial charge >= 0.3 is 5.97 Å². The van der Waals surface area contributed by atoms with Crippen LogP contribution in [0.3, 0.4) is 0 Å². The van der Waals surface area contributed by atoms with E-state index < -0.39 is 0 Å². The van der Waals surface area contributed by atoms with E-state index in [2.05, 4.69) is 24.1 Å². The number of likely N-dealkylation sites (tertiary alicyclic amines) is 1. The minimum Gasteiger partial charge on any atom is -0.468 e. The number of carbonyl (C=O) groups excluding carboxylic acids is 1. The highest BCUT2D eigenvalue weighted by Crippen LogP contribution is 2.37. The number of ether oxygens (including phenoxy) is 1. The number of esters is 1.